The van der Waals surface area contributed by atoms with Gasteiger partial charge in [0.05, 0.1) is 16.5 Å². The minimum Gasteiger partial charge on any atom is -0.274 e. The Kier molecular flexibility index (Phi) is 4.44. The van der Waals surface area contributed by atoms with Gasteiger partial charge in [-0.3, -0.25) is 24.6 Å². The number of hydrogen-bond acceptors (Lipinski definition) is 4. The van der Waals surface area contributed by atoms with E-state index in [9.17, 15) is 19.7 Å². The Morgan fingerprint density at radius 2 is 1.71 bits per heavy atom. The van der Waals surface area contributed by atoms with Gasteiger partial charge in [0, 0.05) is 23.0 Å². The first-order valence-corrected chi connectivity index (χ1v) is 8.10. The highest BCUT2D eigenvalue weighted by molar-refractivity contribution is 9.10. The summed E-state index contributed by atoms with van der Waals surface area (Å²) in [6, 6.07) is 13.0. The van der Waals surface area contributed by atoms with Crippen LogP contribution in [0.5, 0.6) is 0 Å². The topological polar surface area (TPSA) is 80.5 Å². The van der Waals surface area contributed by atoms with E-state index in [-0.39, 0.29) is 23.9 Å². The lowest BCUT2D eigenvalue weighted by Crippen LogP contribution is -2.30. The Morgan fingerprint density at radius 1 is 1.08 bits per heavy atom. The molecule has 0 bridgehead atoms. The number of carbonyl (C=O) groups is 2. The zero-order valence-electron chi connectivity index (χ0n) is 12.5. The molecule has 1 aliphatic rings. The third-order valence-corrected chi connectivity index (χ3v) is 4.48. The Balaban J connectivity index is 1.78. The number of halogens is 1. The smallest absolute Gasteiger partial charge is 0.269 e. The van der Waals surface area contributed by atoms with Crippen LogP contribution in [0.15, 0.2) is 53.0 Å². The molecule has 0 saturated carbocycles. The summed E-state index contributed by atoms with van der Waals surface area (Å²) in [6.07, 6.45) is 0.632. The number of hydrogen-bond donors (Lipinski definition) is 0. The van der Waals surface area contributed by atoms with E-state index in [4.69, 9.17) is 0 Å². The molecule has 0 unspecified atom stereocenters. The first-order valence-electron chi connectivity index (χ1n) is 7.31. The van der Waals surface area contributed by atoms with Crippen LogP contribution in [0.4, 0.5) is 11.4 Å². The van der Waals surface area contributed by atoms with Gasteiger partial charge >= 0.3 is 0 Å². The van der Waals surface area contributed by atoms with Gasteiger partial charge in [0.25, 0.3) is 5.69 Å². The largest absolute Gasteiger partial charge is 0.274 e. The van der Waals surface area contributed by atoms with Gasteiger partial charge in [0.1, 0.15) is 0 Å². The van der Waals surface area contributed by atoms with Gasteiger partial charge in [-0.15, -0.1) is 0 Å². The predicted molar refractivity (Wildman–Crippen MR) is 91.5 cm³/mol. The number of nitrogens with zero attached hydrogens (tertiary/aromatic N) is 2. The lowest BCUT2D eigenvalue weighted by molar-refractivity contribution is -0.384. The van der Waals surface area contributed by atoms with Crippen molar-refractivity contribution < 1.29 is 14.5 Å². The molecule has 1 saturated heterocycles. The average molecular weight is 389 g/mol. The first kappa shape index (κ1) is 16.3. The van der Waals surface area contributed by atoms with E-state index in [1.807, 2.05) is 24.3 Å². The van der Waals surface area contributed by atoms with Gasteiger partial charge < -0.3 is 0 Å². The third-order valence-electron chi connectivity index (χ3n) is 3.95. The van der Waals surface area contributed by atoms with E-state index in [0.29, 0.717) is 12.1 Å². The van der Waals surface area contributed by atoms with Gasteiger partial charge in [0.15, 0.2) is 0 Å². The maximum absolute atomic E-state index is 12.6. The van der Waals surface area contributed by atoms with Crippen LogP contribution < -0.4 is 4.90 Å². The predicted octanol–water partition coefficient (Wildman–Crippen LogP) is 3.48. The van der Waals surface area contributed by atoms with E-state index < -0.39 is 10.8 Å². The van der Waals surface area contributed by atoms with E-state index >= 15 is 0 Å². The van der Waals surface area contributed by atoms with Crippen molar-refractivity contribution in [2.24, 2.45) is 5.92 Å². The summed E-state index contributed by atoms with van der Waals surface area (Å²) in [5, 5.41) is 10.7. The van der Waals surface area contributed by atoms with Crippen LogP contribution in [0.25, 0.3) is 0 Å². The summed E-state index contributed by atoms with van der Waals surface area (Å²) in [6.45, 7) is 0. The molecule has 24 heavy (non-hydrogen) atoms. The maximum Gasteiger partial charge on any atom is 0.269 e. The molecule has 2 aromatic carbocycles. The molecule has 0 spiro atoms. The molecule has 6 nitrogen and oxygen atoms in total. The molecule has 0 aliphatic carbocycles. The minimum atomic E-state index is -0.520. The molecule has 3 rings (SSSR count). The Hall–Kier alpha value is -2.54. The van der Waals surface area contributed by atoms with Gasteiger partial charge in [-0.1, -0.05) is 28.1 Å². The molecule has 0 N–H and O–H groups in total. The van der Waals surface area contributed by atoms with Crippen LogP contribution in [0, 0.1) is 16.0 Å². The minimum absolute atomic E-state index is 0.0794. The van der Waals surface area contributed by atoms with E-state index in [1.54, 1.807) is 0 Å². The van der Waals surface area contributed by atoms with Gasteiger partial charge in [-0.2, -0.15) is 0 Å². The van der Waals surface area contributed by atoms with Crippen LogP contribution in [-0.2, 0) is 16.0 Å². The summed E-state index contributed by atoms with van der Waals surface area (Å²) in [7, 11) is 0. The number of nitro groups is 1. The zero-order valence-corrected chi connectivity index (χ0v) is 14.1. The number of benzene rings is 2. The normalized spacial score (nSPS) is 17.4. The molecule has 1 fully saturated rings. The lowest BCUT2D eigenvalue weighted by atomic mass is 9.98. The number of carbonyl (C=O) groups excluding carboxylic acids is 2. The molecule has 1 atom stereocenters. The van der Waals surface area contributed by atoms with Crippen molar-refractivity contribution in [3.63, 3.8) is 0 Å². The summed E-state index contributed by atoms with van der Waals surface area (Å²) in [4.78, 5) is 36.1. The van der Waals surface area contributed by atoms with Crippen molar-refractivity contribution in [1.29, 1.82) is 0 Å². The molecule has 0 aromatic heterocycles. The van der Waals surface area contributed by atoms with Crippen molar-refractivity contribution in [3.8, 4) is 0 Å². The standard InChI is InChI=1S/C17H13BrN2O4/c18-13-3-1-11(2-4-13)9-12-10-16(21)19(17(12)22)14-5-7-15(8-6-14)20(23)24/h1-8,12H,9-10H2/t12-/m1/s1. The zero-order chi connectivity index (χ0) is 17.3. The molecule has 0 radical (unpaired) electrons. The second-order valence-corrected chi connectivity index (χ2v) is 6.49. The molecular formula is C17H13BrN2O4. The van der Waals surface area contributed by atoms with Crippen LogP contribution >= 0.6 is 15.9 Å². The Bertz CT molecular complexity index is 802. The summed E-state index contributed by atoms with van der Waals surface area (Å²) in [5.74, 6) is -0.957. The first-order chi connectivity index (χ1) is 11.5. The Morgan fingerprint density at radius 3 is 2.29 bits per heavy atom. The van der Waals surface area contributed by atoms with Gasteiger partial charge in [-0.25, -0.2) is 0 Å². The molecule has 2 amide bonds. The van der Waals surface area contributed by atoms with Crippen LogP contribution in [0.1, 0.15) is 12.0 Å². The average Bonchev–Trinajstić information content (AvgIpc) is 2.83. The number of nitro benzene ring substituents is 1. The quantitative estimate of drug-likeness (QED) is 0.456. The molecule has 1 aliphatic heterocycles. The van der Waals surface area contributed by atoms with Crippen LogP contribution in [0.2, 0.25) is 0 Å². The number of non-ortho nitro benzene ring substituents is 1. The van der Waals surface area contributed by atoms with E-state index in [1.165, 1.54) is 24.3 Å². The van der Waals surface area contributed by atoms with Crippen molar-refractivity contribution in [2.45, 2.75) is 12.8 Å². The molecule has 7 heteroatoms. The third kappa shape index (κ3) is 3.21. The van der Waals surface area contributed by atoms with Crippen LogP contribution in [0.3, 0.4) is 0 Å². The van der Waals surface area contributed by atoms with Gasteiger partial charge in [0.2, 0.25) is 11.8 Å². The van der Waals surface area contributed by atoms with Crippen molar-refractivity contribution in [1.82, 2.24) is 0 Å². The van der Waals surface area contributed by atoms with Crippen molar-refractivity contribution in [3.05, 3.63) is 68.7 Å². The van der Waals surface area contributed by atoms with Crippen molar-refractivity contribution >= 4 is 39.1 Å². The van der Waals surface area contributed by atoms with Crippen molar-refractivity contribution in [2.75, 3.05) is 4.90 Å². The molecule has 122 valence electrons. The number of amides is 2. The Labute approximate surface area is 146 Å². The van der Waals surface area contributed by atoms with E-state index in [2.05, 4.69) is 15.9 Å². The SMILES string of the molecule is O=C1C[C@@H](Cc2ccc(Br)cc2)C(=O)N1c1ccc([N+](=O)[O-])cc1. The number of imide groups is 1. The highest BCUT2D eigenvalue weighted by Crippen LogP contribution is 2.30. The summed E-state index contributed by atoms with van der Waals surface area (Å²) >= 11 is 3.36. The monoisotopic (exact) mass is 388 g/mol. The number of anilines is 1. The maximum atomic E-state index is 12.6. The lowest BCUT2D eigenvalue weighted by Gasteiger charge is -2.15. The van der Waals surface area contributed by atoms with Gasteiger partial charge in [-0.05, 0) is 36.2 Å². The fourth-order valence-corrected chi connectivity index (χ4v) is 3.02. The summed E-state index contributed by atoms with van der Waals surface area (Å²) in [5.41, 5.74) is 1.27. The molecular weight excluding hydrogens is 376 g/mol. The highest BCUT2D eigenvalue weighted by Gasteiger charge is 2.39. The van der Waals surface area contributed by atoms with Crippen LogP contribution in [-0.4, -0.2) is 16.7 Å². The molecule has 1 heterocycles. The fraction of sp³-hybridized carbons (Fsp3) is 0.176. The molecule has 2 aromatic rings. The highest BCUT2D eigenvalue weighted by atomic mass is 79.9. The second-order valence-electron chi connectivity index (χ2n) is 5.57. The van der Waals surface area contributed by atoms with E-state index in [0.717, 1.165) is 14.9 Å². The fourth-order valence-electron chi connectivity index (χ4n) is 2.75. The number of rotatable bonds is 4. The summed E-state index contributed by atoms with van der Waals surface area (Å²) < 4.78 is 0.951. The second kappa shape index (κ2) is 6.52.